The molecule has 1 aromatic heterocycles. The number of aliphatic hydroxyl groups excluding tert-OH is 1. The van der Waals surface area contributed by atoms with E-state index in [1.807, 2.05) is 16.3 Å². The molecule has 2 heterocycles. The first-order valence-corrected chi connectivity index (χ1v) is 5.25. The second-order valence-electron chi connectivity index (χ2n) is 3.41. The molecular formula is C9H12FNOS. The molecule has 0 bridgehead atoms. The van der Waals surface area contributed by atoms with Crippen LogP contribution in [0.3, 0.4) is 0 Å². The van der Waals surface area contributed by atoms with Crippen molar-refractivity contribution in [2.75, 3.05) is 13.1 Å². The lowest BCUT2D eigenvalue weighted by atomic mass is 10.3. The van der Waals surface area contributed by atoms with Crippen LogP contribution in [0.2, 0.25) is 0 Å². The van der Waals surface area contributed by atoms with Gasteiger partial charge in [0.15, 0.2) is 0 Å². The van der Waals surface area contributed by atoms with Gasteiger partial charge in [-0.05, 0) is 22.4 Å². The zero-order valence-corrected chi connectivity index (χ0v) is 8.01. The van der Waals surface area contributed by atoms with Crippen LogP contribution < -0.4 is 0 Å². The van der Waals surface area contributed by atoms with Gasteiger partial charge in [-0.3, -0.25) is 4.90 Å². The molecule has 1 aliphatic rings. The van der Waals surface area contributed by atoms with Gasteiger partial charge in [0, 0.05) is 19.6 Å². The molecule has 1 N–H and O–H groups in total. The Labute approximate surface area is 80.6 Å². The summed E-state index contributed by atoms with van der Waals surface area (Å²) in [4.78, 5) is 1.94. The summed E-state index contributed by atoms with van der Waals surface area (Å²) in [6.45, 7) is 1.56. The number of aliphatic hydroxyl groups is 1. The third-order valence-electron chi connectivity index (χ3n) is 2.28. The first-order chi connectivity index (χ1) is 6.25. The zero-order valence-electron chi connectivity index (χ0n) is 7.19. The van der Waals surface area contributed by atoms with Gasteiger partial charge in [-0.1, -0.05) is 0 Å². The Kier molecular flexibility index (Phi) is 2.62. The highest BCUT2D eigenvalue weighted by atomic mass is 32.1. The molecule has 2 rings (SSSR count). The highest BCUT2D eigenvalue weighted by Gasteiger charge is 2.30. The summed E-state index contributed by atoms with van der Waals surface area (Å²) in [5.74, 6) is 0. The van der Waals surface area contributed by atoms with Gasteiger partial charge in [0.25, 0.3) is 0 Å². The summed E-state index contributed by atoms with van der Waals surface area (Å²) in [7, 11) is 0. The molecule has 4 heteroatoms. The Balaban J connectivity index is 1.91. The predicted octanol–water partition coefficient (Wildman–Crippen LogP) is 1.26. The zero-order chi connectivity index (χ0) is 9.26. The van der Waals surface area contributed by atoms with E-state index >= 15 is 0 Å². The number of alkyl halides is 1. The Hall–Kier alpha value is -0.450. The minimum absolute atomic E-state index is 0.358. The molecule has 72 valence electrons. The Morgan fingerprint density at radius 1 is 1.62 bits per heavy atom. The molecule has 0 aliphatic carbocycles. The van der Waals surface area contributed by atoms with Gasteiger partial charge < -0.3 is 5.11 Å². The lowest BCUT2D eigenvalue weighted by Crippen LogP contribution is -2.21. The van der Waals surface area contributed by atoms with Crippen LogP contribution in [-0.4, -0.2) is 35.4 Å². The molecule has 1 fully saturated rings. The van der Waals surface area contributed by atoms with Crippen molar-refractivity contribution < 1.29 is 9.50 Å². The number of hydrogen-bond donors (Lipinski definition) is 1. The molecule has 1 saturated heterocycles. The summed E-state index contributed by atoms with van der Waals surface area (Å²) < 4.78 is 12.9. The van der Waals surface area contributed by atoms with Crippen molar-refractivity contribution in [3.63, 3.8) is 0 Å². The average Bonchev–Trinajstić information content (AvgIpc) is 2.64. The summed E-state index contributed by atoms with van der Waals surface area (Å²) in [6, 6.07) is 2.03. The first-order valence-electron chi connectivity index (χ1n) is 4.31. The highest BCUT2D eigenvalue weighted by molar-refractivity contribution is 7.07. The van der Waals surface area contributed by atoms with Crippen molar-refractivity contribution in [3.8, 4) is 0 Å². The summed E-state index contributed by atoms with van der Waals surface area (Å²) in [6.07, 6.45) is -1.86. The van der Waals surface area contributed by atoms with Crippen LogP contribution in [0.4, 0.5) is 4.39 Å². The van der Waals surface area contributed by atoms with Gasteiger partial charge in [0.2, 0.25) is 0 Å². The molecule has 0 radical (unpaired) electrons. The van der Waals surface area contributed by atoms with Crippen molar-refractivity contribution in [1.29, 1.82) is 0 Å². The fourth-order valence-corrected chi connectivity index (χ4v) is 2.25. The third kappa shape index (κ3) is 2.07. The minimum Gasteiger partial charge on any atom is -0.389 e. The maximum absolute atomic E-state index is 12.9. The molecule has 13 heavy (non-hydrogen) atoms. The summed E-state index contributed by atoms with van der Waals surface area (Å²) >= 11 is 1.64. The number of rotatable bonds is 2. The maximum Gasteiger partial charge on any atom is 0.140 e. The van der Waals surface area contributed by atoms with Crippen LogP contribution in [0.25, 0.3) is 0 Å². The van der Waals surface area contributed by atoms with Crippen LogP contribution in [0.15, 0.2) is 16.8 Å². The van der Waals surface area contributed by atoms with Gasteiger partial charge >= 0.3 is 0 Å². The van der Waals surface area contributed by atoms with Crippen molar-refractivity contribution in [2.45, 2.75) is 18.8 Å². The van der Waals surface area contributed by atoms with E-state index in [-0.39, 0.29) is 0 Å². The molecule has 0 unspecified atom stereocenters. The molecule has 0 saturated carbocycles. The first kappa shape index (κ1) is 9.12. The van der Waals surface area contributed by atoms with Crippen LogP contribution in [0.1, 0.15) is 5.56 Å². The van der Waals surface area contributed by atoms with E-state index in [2.05, 4.69) is 5.38 Å². The van der Waals surface area contributed by atoms with Crippen molar-refractivity contribution >= 4 is 11.3 Å². The molecule has 1 aliphatic heterocycles. The fraction of sp³-hybridized carbons (Fsp3) is 0.556. The van der Waals surface area contributed by atoms with E-state index in [1.54, 1.807) is 11.3 Å². The third-order valence-corrected chi connectivity index (χ3v) is 3.01. The largest absolute Gasteiger partial charge is 0.389 e. The lowest BCUT2D eigenvalue weighted by molar-refractivity contribution is 0.115. The van der Waals surface area contributed by atoms with Crippen molar-refractivity contribution in [1.82, 2.24) is 4.90 Å². The quantitative estimate of drug-likeness (QED) is 0.778. The van der Waals surface area contributed by atoms with Crippen molar-refractivity contribution in [3.05, 3.63) is 22.4 Å². The average molecular weight is 201 g/mol. The maximum atomic E-state index is 12.9. The topological polar surface area (TPSA) is 23.5 Å². The van der Waals surface area contributed by atoms with Crippen LogP contribution >= 0.6 is 11.3 Å². The summed E-state index contributed by atoms with van der Waals surface area (Å²) in [5, 5.41) is 13.2. The molecule has 2 nitrogen and oxygen atoms in total. The van der Waals surface area contributed by atoms with E-state index in [9.17, 15) is 9.50 Å². The molecule has 0 spiro atoms. The Morgan fingerprint density at radius 2 is 2.46 bits per heavy atom. The van der Waals surface area contributed by atoms with Gasteiger partial charge in [-0.2, -0.15) is 11.3 Å². The molecular weight excluding hydrogens is 189 g/mol. The number of likely N-dealkylation sites (tertiary alicyclic amines) is 1. The van der Waals surface area contributed by atoms with Crippen LogP contribution in [0.5, 0.6) is 0 Å². The van der Waals surface area contributed by atoms with Crippen molar-refractivity contribution in [2.24, 2.45) is 0 Å². The van der Waals surface area contributed by atoms with E-state index in [0.29, 0.717) is 13.1 Å². The van der Waals surface area contributed by atoms with Crippen LogP contribution in [-0.2, 0) is 6.54 Å². The number of thiophene rings is 1. The lowest BCUT2D eigenvalue weighted by Gasteiger charge is -2.12. The number of hydrogen-bond acceptors (Lipinski definition) is 3. The fourth-order valence-electron chi connectivity index (χ4n) is 1.59. The molecule has 0 aromatic carbocycles. The number of halogens is 1. The Bertz CT molecular complexity index is 255. The van der Waals surface area contributed by atoms with E-state index in [4.69, 9.17) is 0 Å². The normalized spacial score (nSPS) is 29.7. The molecule has 1 aromatic rings. The monoisotopic (exact) mass is 201 g/mol. The van der Waals surface area contributed by atoms with E-state index in [1.165, 1.54) is 5.56 Å². The molecule has 0 amide bonds. The standard InChI is InChI=1S/C9H12FNOS/c10-8-4-11(5-9(8)12)3-7-1-2-13-6-7/h1-2,6,8-9,12H,3-5H2/t8-,9-/m1/s1. The van der Waals surface area contributed by atoms with E-state index < -0.39 is 12.3 Å². The Morgan fingerprint density at radius 3 is 3.00 bits per heavy atom. The van der Waals surface area contributed by atoms with Gasteiger partial charge in [0.1, 0.15) is 6.17 Å². The van der Waals surface area contributed by atoms with Crippen LogP contribution in [0, 0.1) is 0 Å². The minimum atomic E-state index is -1.07. The highest BCUT2D eigenvalue weighted by Crippen LogP contribution is 2.17. The number of β-amino-alcohol motifs (C(OH)–C–C–N with tert-alkyl or cyclic N) is 1. The SMILES string of the molecule is O[C@@H]1CN(Cc2ccsc2)C[C@H]1F. The second-order valence-corrected chi connectivity index (χ2v) is 4.19. The van der Waals surface area contributed by atoms with E-state index in [0.717, 1.165) is 6.54 Å². The predicted molar refractivity (Wildman–Crippen MR) is 50.5 cm³/mol. The second kappa shape index (κ2) is 3.74. The van der Waals surface area contributed by atoms with Gasteiger partial charge in [-0.25, -0.2) is 4.39 Å². The van der Waals surface area contributed by atoms with Gasteiger partial charge in [0.05, 0.1) is 6.10 Å². The smallest absolute Gasteiger partial charge is 0.140 e. The summed E-state index contributed by atoms with van der Waals surface area (Å²) in [5.41, 5.74) is 1.20. The molecule has 2 atom stereocenters. The number of nitrogens with zero attached hydrogens (tertiary/aromatic N) is 1. The van der Waals surface area contributed by atoms with Gasteiger partial charge in [-0.15, -0.1) is 0 Å².